The predicted octanol–water partition coefficient (Wildman–Crippen LogP) is 3.93. The van der Waals surface area contributed by atoms with Crippen molar-refractivity contribution >= 4 is 40.8 Å². The number of hydrogen-bond donors (Lipinski definition) is 2. The van der Waals surface area contributed by atoms with E-state index in [2.05, 4.69) is 14.5 Å². The molecule has 1 aromatic carbocycles. The molecule has 28 heavy (non-hydrogen) atoms. The molecule has 0 fully saturated rings. The van der Waals surface area contributed by atoms with Crippen LogP contribution in [0.4, 0.5) is 11.6 Å². The number of hydrogen-bond acceptors (Lipinski definition) is 6. The average molecular weight is 416 g/mol. The van der Waals surface area contributed by atoms with Gasteiger partial charge in [0.05, 0.1) is 5.75 Å². The van der Waals surface area contributed by atoms with E-state index >= 15 is 0 Å². The van der Waals surface area contributed by atoms with Gasteiger partial charge in [-0.1, -0.05) is 35.5 Å². The van der Waals surface area contributed by atoms with Crippen molar-refractivity contribution in [3.63, 3.8) is 0 Å². The van der Waals surface area contributed by atoms with Gasteiger partial charge in [0.15, 0.2) is 10.9 Å². The van der Waals surface area contributed by atoms with E-state index in [1.54, 1.807) is 0 Å². The number of nitrogens with two attached hydrogens (primary N) is 2. The van der Waals surface area contributed by atoms with Gasteiger partial charge in [0.25, 0.3) is 0 Å². The molecule has 0 atom stereocenters. The second-order valence-electron chi connectivity index (χ2n) is 6.53. The number of carbonyl (C=O) groups excluding carboxylic acids is 1. The summed E-state index contributed by atoms with van der Waals surface area (Å²) in [7, 11) is 0. The summed E-state index contributed by atoms with van der Waals surface area (Å²) in [6, 6.07) is 11.3. The van der Waals surface area contributed by atoms with Crippen molar-refractivity contribution in [3.8, 4) is 0 Å². The molecule has 0 amide bonds. The quantitative estimate of drug-likeness (QED) is 0.344. The maximum Gasteiger partial charge on any atom is 0.191 e. The molecule has 146 valence electrons. The average Bonchev–Trinajstić information content (AvgIpc) is 2.93. The first-order valence-corrected chi connectivity index (χ1v) is 10.2. The standard InChI is InChI=1S/C20H22ClN5OS/c1-12-9-16(17(27)11-28-20-24-18(22)10-19(23)25-20)13(2)26(12)8-7-14-3-5-15(21)6-4-14/h3-6,9-10H,7-8,11H2,1-2H3,(H4,22,23,24,25). The first kappa shape index (κ1) is 20.2. The summed E-state index contributed by atoms with van der Waals surface area (Å²) in [6.07, 6.45) is 0.867. The lowest BCUT2D eigenvalue weighted by Gasteiger charge is -2.10. The lowest BCUT2D eigenvalue weighted by Crippen LogP contribution is -2.09. The molecule has 0 bridgehead atoms. The number of thioether (sulfide) groups is 1. The topological polar surface area (TPSA) is 99.8 Å². The third-order valence-electron chi connectivity index (χ3n) is 4.49. The summed E-state index contributed by atoms with van der Waals surface area (Å²) in [6.45, 7) is 4.79. The molecule has 0 aliphatic heterocycles. The van der Waals surface area contributed by atoms with Crippen molar-refractivity contribution < 1.29 is 4.79 Å². The number of carbonyl (C=O) groups is 1. The number of aromatic nitrogens is 3. The summed E-state index contributed by atoms with van der Waals surface area (Å²) in [5.74, 6) is 0.843. The van der Waals surface area contributed by atoms with Gasteiger partial charge >= 0.3 is 0 Å². The summed E-state index contributed by atoms with van der Waals surface area (Å²) in [5.41, 5.74) is 15.3. The number of halogens is 1. The zero-order valence-electron chi connectivity index (χ0n) is 15.8. The Hall–Kier alpha value is -2.51. The van der Waals surface area contributed by atoms with E-state index < -0.39 is 0 Å². The van der Waals surface area contributed by atoms with E-state index in [1.807, 2.05) is 44.2 Å². The smallest absolute Gasteiger partial charge is 0.191 e. The van der Waals surface area contributed by atoms with Crippen LogP contribution >= 0.6 is 23.4 Å². The van der Waals surface area contributed by atoms with Crippen LogP contribution in [0.25, 0.3) is 0 Å². The largest absolute Gasteiger partial charge is 0.383 e. The third-order valence-corrected chi connectivity index (χ3v) is 5.59. The van der Waals surface area contributed by atoms with Crippen LogP contribution < -0.4 is 11.5 Å². The number of aryl methyl sites for hydroxylation is 2. The van der Waals surface area contributed by atoms with Crippen LogP contribution in [0.2, 0.25) is 5.02 Å². The van der Waals surface area contributed by atoms with Gasteiger partial charge in [0, 0.05) is 34.6 Å². The van der Waals surface area contributed by atoms with Gasteiger partial charge in [-0.05, 0) is 44.0 Å². The highest BCUT2D eigenvalue weighted by Crippen LogP contribution is 2.22. The number of nitrogens with zero attached hydrogens (tertiary/aromatic N) is 3. The monoisotopic (exact) mass is 415 g/mol. The summed E-state index contributed by atoms with van der Waals surface area (Å²) in [4.78, 5) is 20.9. The maximum absolute atomic E-state index is 12.7. The highest BCUT2D eigenvalue weighted by Gasteiger charge is 2.16. The molecule has 0 unspecified atom stereocenters. The molecule has 0 aliphatic rings. The highest BCUT2D eigenvalue weighted by molar-refractivity contribution is 7.99. The first-order valence-electron chi connectivity index (χ1n) is 8.80. The fourth-order valence-electron chi connectivity index (χ4n) is 3.05. The third kappa shape index (κ3) is 4.85. The van der Waals surface area contributed by atoms with E-state index in [0.29, 0.717) is 16.8 Å². The zero-order chi connectivity index (χ0) is 20.3. The number of Topliss-reactive ketones (excluding diaryl/α,β-unsaturated/α-hetero) is 1. The second-order valence-corrected chi connectivity index (χ2v) is 7.90. The molecule has 0 saturated heterocycles. The predicted molar refractivity (Wildman–Crippen MR) is 115 cm³/mol. The van der Waals surface area contributed by atoms with E-state index in [4.69, 9.17) is 23.1 Å². The van der Waals surface area contributed by atoms with Crippen LogP contribution in [-0.2, 0) is 13.0 Å². The summed E-state index contributed by atoms with van der Waals surface area (Å²) >= 11 is 7.17. The molecule has 3 aromatic rings. The van der Waals surface area contributed by atoms with E-state index in [-0.39, 0.29) is 11.5 Å². The fraction of sp³-hybridized carbons (Fsp3) is 0.250. The van der Waals surface area contributed by atoms with Crippen LogP contribution in [0, 0.1) is 13.8 Å². The molecular weight excluding hydrogens is 394 g/mol. The molecule has 8 heteroatoms. The van der Waals surface area contributed by atoms with Gasteiger partial charge in [-0.25, -0.2) is 9.97 Å². The van der Waals surface area contributed by atoms with Crippen molar-refractivity contribution in [1.82, 2.24) is 14.5 Å². The van der Waals surface area contributed by atoms with Crippen LogP contribution in [0.15, 0.2) is 41.6 Å². The van der Waals surface area contributed by atoms with Crippen LogP contribution in [0.1, 0.15) is 27.3 Å². The first-order chi connectivity index (χ1) is 13.3. The minimum atomic E-state index is 0.0282. The molecule has 6 nitrogen and oxygen atoms in total. The Morgan fingerprint density at radius 3 is 2.39 bits per heavy atom. The van der Waals surface area contributed by atoms with Crippen LogP contribution in [-0.4, -0.2) is 26.1 Å². The minimum Gasteiger partial charge on any atom is -0.383 e. The molecule has 4 N–H and O–H groups in total. The summed E-state index contributed by atoms with van der Waals surface area (Å²) in [5, 5.41) is 1.13. The van der Waals surface area contributed by atoms with Gasteiger partial charge in [-0.2, -0.15) is 0 Å². The Kier molecular flexibility index (Phi) is 6.26. The number of anilines is 2. The van der Waals surface area contributed by atoms with Crippen LogP contribution in [0.5, 0.6) is 0 Å². The minimum absolute atomic E-state index is 0.0282. The highest BCUT2D eigenvalue weighted by atomic mass is 35.5. The number of nitrogen functional groups attached to an aromatic ring is 2. The van der Waals surface area contributed by atoms with Crippen molar-refractivity contribution in [2.75, 3.05) is 17.2 Å². The van der Waals surface area contributed by atoms with Gasteiger partial charge in [0.1, 0.15) is 11.6 Å². The lowest BCUT2D eigenvalue weighted by atomic mass is 10.1. The van der Waals surface area contributed by atoms with Crippen molar-refractivity contribution in [2.24, 2.45) is 0 Å². The van der Waals surface area contributed by atoms with E-state index in [0.717, 1.165) is 34.9 Å². The Labute approximate surface area is 173 Å². The molecule has 0 spiro atoms. The van der Waals surface area contributed by atoms with E-state index in [9.17, 15) is 4.79 Å². The molecule has 2 aromatic heterocycles. The second kappa shape index (κ2) is 8.67. The maximum atomic E-state index is 12.7. The summed E-state index contributed by atoms with van der Waals surface area (Å²) < 4.78 is 2.17. The molecule has 0 radical (unpaired) electrons. The molecular formula is C20H22ClN5OS. The fourth-order valence-corrected chi connectivity index (χ4v) is 3.94. The zero-order valence-corrected chi connectivity index (χ0v) is 17.3. The number of rotatable bonds is 7. The van der Waals surface area contributed by atoms with Crippen molar-refractivity contribution in [1.29, 1.82) is 0 Å². The van der Waals surface area contributed by atoms with Gasteiger partial charge < -0.3 is 16.0 Å². The Morgan fingerprint density at radius 2 is 1.75 bits per heavy atom. The van der Waals surface area contributed by atoms with Crippen molar-refractivity contribution in [2.45, 2.75) is 32.0 Å². The van der Waals surface area contributed by atoms with E-state index in [1.165, 1.54) is 23.4 Å². The molecule has 0 aliphatic carbocycles. The Bertz CT molecular complexity index is 980. The SMILES string of the molecule is Cc1cc(C(=O)CSc2nc(N)cc(N)n2)c(C)n1CCc1ccc(Cl)cc1. The number of benzene rings is 1. The molecule has 2 heterocycles. The Morgan fingerprint density at radius 1 is 1.11 bits per heavy atom. The number of ketones is 1. The van der Waals surface area contributed by atoms with Gasteiger partial charge in [-0.15, -0.1) is 0 Å². The lowest BCUT2D eigenvalue weighted by molar-refractivity contribution is 0.102. The Balaban J connectivity index is 1.67. The molecule has 0 saturated carbocycles. The van der Waals surface area contributed by atoms with Crippen molar-refractivity contribution in [3.05, 3.63) is 63.9 Å². The van der Waals surface area contributed by atoms with Gasteiger partial charge in [-0.3, -0.25) is 4.79 Å². The normalized spacial score (nSPS) is 11.0. The van der Waals surface area contributed by atoms with Gasteiger partial charge in [0.2, 0.25) is 0 Å². The van der Waals surface area contributed by atoms with Crippen LogP contribution in [0.3, 0.4) is 0 Å². The molecule has 3 rings (SSSR count).